The molecule has 0 fully saturated rings. The van der Waals surface area contributed by atoms with Crippen LogP contribution in [0, 0.1) is 17.7 Å². The number of anilines is 1. The second kappa shape index (κ2) is 6.21. The molecule has 0 bridgehead atoms. The van der Waals surface area contributed by atoms with Crippen molar-refractivity contribution in [2.24, 2.45) is 5.73 Å². The molecule has 0 atom stereocenters. The Hall–Kier alpha value is -2.06. The number of halogens is 1. The van der Waals surface area contributed by atoms with Gasteiger partial charge in [0.1, 0.15) is 5.82 Å². The van der Waals surface area contributed by atoms with Crippen molar-refractivity contribution >= 4 is 11.7 Å². The second-order valence-electron chi connectivity index (χ2n) is 5.03. The van der Waals surface area contributed by atoms with Crippen LogP contribution in [0.4, 0.5) is 14.9 Å². The van der Waals surface area contributed by atoms with Crippen LogP contribution in [0.15, 0.2) is 18.2 Å². The molecule has 4 nitrogen and oxygen atoms in total. The second-order valence-corrected chi connectivity index (χ2v) is 5.03. The smallest absolute Gasteiger partial charge is 0.319 e. The first kappa shape index (κ1) is 15.0. The molecule has 1 aromatic rings. The number of nitrogens with one attached hydrogen (secondary N) is 2. The maximum Gasteiger partial charge on any atom is 0.319 e. The highest BCUT2D eigenvalue weighted by Crippen LogP contribution is 2.15. The zero-order valence-corrected chi connectivity index (χ0v) is 11.3. The molecule has 0 saturated carbocycles. The monoisotopic (exact) mass is 263 g/mol. The van der Waals surface area contributed by atoms with Gasteiger partial charge in [-0.2, -0.15) is 0 Å². The Kier molecular flexibility index (Phi) is 4.90. The van der Waals surface area contributed by atoms with E-state index in [1.165, 1.54) is 12.1 Å². The Morgan fingerprint density at radius 1 is 1.42 bits per heavy atom. The van der Waals surface area contributed by atoms with Crippen LogP contribution in [0.25, 0.3) is 0 Å². The van der Waals surface area contributed by atoms with Crippen molar-refractivity contribution in [2.45, 2.75) is 26.3 Å². The van der Waals surface area contributed by atoms with Gasteiger partial charge in [-0.3, -0.25) is 0 Å². The lowest BCUT2D eigenvalue weighted by Crippen LogP contribution is -2.43. The molecule has 1 aromatic carbocycles. The molecule has 0 unspecified atom stereocenters. The van der Waals surface area contributed by atoms with Crippen molar-refractivity contribution < 1.29 is 9.18 Å². The minimum absolute atomic E-state index is 0.111. The fraction of sp³-hybridized carbons (Fsp3) is 0.357. The van der Waals surface area contributed by atoms with Crippen molar-refractivity contribution in [1.82, 2.24) is 5.32 Å². The van der Waals surface area contributed by atoms with Crippen LogP contribution in [-0.2, 0) is 0 Å². The van der Waals surface area contributed by atoms with Crippen molar-refractivity contribution in [3.63, 3.8) is 0 Å². The Balaban J connectivity index is 2.78. The van der Waals surface area contributed by atoms with Crippen molar-refractivity contribution in [2.75, 3.05) is 11.9 Å². The van der Waals surface area contributed by atoms with Crippen molar-refractivity contribution in [3.05, 3.63) is 29.6 Å². The van der Waals surface area contributed by atoms with Crippen molar-refractivity contribution in [1.29, 1.82) is 0 Å². The predicted octanol–water partition coefficient (Wildman–Crippen LogP) is 2.06. The van der Waals surface area contributed by atoms with Crippen LogP contribution >= 0.6 is 0 Å². The third-order valence-corrected chi connectivity index (χ3v) is 2.04. The third-order valence-electron chi connectivity index (χ3n) is 2.04. The largest absolute Gasteiger partial charge is 0.333 e. The molecule has 0 spiro atoms. The third kappa shape index (κ3) is 5.40. The Labute approximate surface area is 112 Å². The first-order valence-electron chi connectivity index (χ1n) is 5.89. The molecule has 0 saturated heterocycles. The summed E-state index contributed by atoms with van der Waals surface area (Å²) in [6, 6.07) is 3.90. The molecule has 2 amide bonds. The highest BCUT2D eigenvalue weighted by Gasteiger charge is 2.14. The lowest BCUT2D eigenvalue weighted by atomic mass is 10.1. The highest BCUT2D eigenvalue weighted by atomic mass is 19.1. The van der Waals surface area contributed by atoms with Gasteiger partial charge in [0.15, 0.2) is 0 Å². The number of rotatable bonds is 1. The van der Waals surface area contributed by atoms with Crippen LogP contribution in [0.2, 0.25) is 0 Å². The molecule has 4 N–H and O–H groups in total. The molecule has 0 aliphatic rings. The van der Waals surface area contributed by atoms with E-state index in [0.717, 1.165) is 0 Å². The molecule has 1 rings (SSSR count). The van der Waals surface area contributed by atoms with E-state index in [1.54, 1.807) is 6.07 Å². The fourth-order valence-electron chi connectivity index (χ4n) is 1.34. The van der Waals surface area contributed by atoms with Crippen LogP contribution in [-0.4, -0.2) is 18.1 Å². The Morgan fingerprint density at radius 2 is 2.11 bits per heavy atom. The summed E-state index contributed by atoms with van der Waals surface area (Å²) in [5, 5.41) is 5.13. The first-order valence-corrected chi connectivity index (χ1v) is 5.89. The van der Waals surface area contributed by atoms with E-state index in [1.807, 2.05) is 20.8 Å². The summed E-state index contributed by atoms with van der Waals surface area (Å²) in [5.74, 6) is 4.82. The van der Waals surface area contributed by atoms with E-state index < -0.39 is 11.8 Å². The van der Waals surface area contributed by atoms with Gasteiger partial charge in [-0.15, -0.1) is 0 Å². The van der Waals surface area contributed by atoms with Crippen LogP contribution in [0.3, 0.4) is 0 Å². The van der Waals surface area contributed by atoms with Gasteiger partial charge in [0.05, 0.1) is 12.2 Å². The highest BCUT2D eigenvalue weighted by molar-refractivity contribution is 5.89. The molecule has 0 aliphatic carbocycles. The Bertz CT molecular complexity index is 524. The topological polar surface area (TPSA) is 67.2 Å². The van der Waals surface area contributed by atoms with E-state index in [9.17, 15) is 9.18 Å². The van der Waals surface area contributed by atoms with Gasteiger partial charge in [0.2, 0.25) is 0 Å². The van der Waals surface area contributed by atoms with E-state index in [0.29, 0.717) is 5.56 Å². The molecule has 5 heteroatoms. The van der Waals surface area contributed by atoms with Crippen LogP contribution in [0.5, 0.6) is 0 Å². The lowest BCUT2D eigenvalue weighted by Gasteiger charge is -2.20. The maximum atomic E-state index is 13.7. The van der Waals surface area contributed by atoms with E-state index in [2.05, 4.69) is 22.5 Å². The summed E-state index contributed by atoms with van der Waals surface area (Å²) >= 11 is 0. The molecule has 19 heavy (non-hydrogen) atoms. The van der Waals surface area contributed by atoms with Crippen LogP contribution in [0.1, 0.15) is 26.3 Å². The number of amides is 2. The van der Waals surface area contributed by atoms with Crippen molar-refractivity contribution in [3.8, 4) is 11.8 Å². The standard InChI is InChI=1S/C14H18FN3O/c1-14(2,3)18-13(19)17-12-7-6-10(5-4-8-16)9-11(12)15/h6-7,9H,8,16H2,1-3H3,(H2,17,18,19). The molecule has 0 radical (unpaired) electrons. The van der Waals surface area contributed by atoms with E-state index in [4.69, 9.17) is 5.73 Å². The summed E-state index contributed by atoms with van der Waals surface area (Å²) in [4.78, 5) is 11.6. The number of hydrogen-bond donors (Lipinski definition) is 3. The molecular formula is C14H18FN3O. The summed E-state index contributed by atoms with van der Waals surface area (Å²) < 4.78 is 13.7. The molecule has 0 heterocycles. The van der Waals surface area contributed by atoms with Gasteiger partial charge < -0.3 is 16.4 Å². The Morgan fingerprint density at radius 3 is 2.63 bits per heavy atom. The summed E-state index contributed by atoms with van der Waals surface area (Å²) in [6.07, 6.45) is 0. The van der Waals surface area contributed by atoms with Gasteiger partial charge in [0.25, 0.3) is 0 Å². The normalized spacial score (nSPS) is 10.4. The lowest BCUT2D eigenvalue weighted by molar-refractivity contribution is 0.243. The van der Waals surface area contributed by atoms with E-state index >= 15 is 0 Å². The molecule has 102 valence electrons. The van der Waals surface area contributed by atoms with Gasteiger partial charge in [-0.25, -0.2) is 9.18 Å². The summed E-state index contributed by atoms with van der Waals surface area (Å²) in [6.45, 7) is 5.74. The summed E-state index contributed by atoms with van der Waals surface area (Å²) in [7, 11) is 0. The first-order chi connectivity index (χ1) is 8.81. The molecule has 0 aliphatic heterocycles. The minimum Gasteiger partial charge on any atom is -0.333 e. The minimum atomic E-state index is -0.534. The SMILES string of the molecule is CC(C)(C)NC(=O)Nc1ccc(C#CCN)cc1F. The number of nitrogens with two attached hydrogens (primary N) is 1. The number of hydrogen-bond acceptors (Lipinski definition) is 2. The molecular weight excluding hydrogens is 245 g/mol. The predicted molar refractivity (Wildman–Crippen MR) is 74.2 cm³/mol. The fourth-order valence-corrected chi connectivity index (χ4v) is 1.34. The zero-order valence-electron chi connectivity index (χ0n) is 11.3. The van der Waals surface area contributed by atoms with Gasteiger partial charge in [-0.1, -0.05) is 11.8 Å². The van der Waals surface area contributed by atoms with Crippen LogP contribution < -0.4 is 16.4 Å². The van der Waals surface area contributed by atoms with Gasteiger partial charge in [-0.05, 0) is 39.0 Å². The van der Waals surface area contributed by atoms with Gasteiger partial charge >= 0.3 is 6.03 Å². The number of urea groups is 1. The number of benzene rings is 1. The average Bonchev–Trinajstić information content (AvgIpc) is 2.27. The zero-order chi connectivity index (χ0) is 14.5. The number of carbonyl (C=O) groups excluding carboxylic acids is 1. The number of carbonyl (C=O) groups is 1. The summed E-state index contributed by atoms with van der Waals surface area (Å²) in [5.41, 5.74) is 5.48. The van der Waals surface area contributed by atoms with Gasteiger partial charge in [0, 0.05) is 11.1 Å². The molecule has 0 aromatic heterocycles. The quantitative estimate of drug-likeness (QED) is 0.679. The maximum absolute atomic E-state index is 13.7. The average molecular weight is 263 g/mol. The van der Waals surface area contributed by atoms with E-state index in [-0.39, 0.29) is 17.8 Å².